The molecule has 0 bridgehead atoms. The molecule has 5 heteroatoms. The minimum Gasteiger partial charge on any atom is -0.481 e. The van der Waals surface area contributed by atoms with Gasteiger partial charge in [-0.05, 0) is 23.1 Å². The zero-order chi connectivity index (χ0) is 16.2. The molecule has 23 heavy (non-hydrogen) atoms. The van der Waals surface area contributed by atoms with Gasteiger partial charge in [-0.15, -0.1) is 0 Å². The molecule has 1 aliphatic rings. The number of ether oxygens (including phenoxy) is 1. The van der Waals surface area contributed by atoms with E-state index < -0.39 is 18.0 Å². The molecule has 2 aromatic rings. The molecule has 118 valence electrons. The average Bonchev–Trinajstić information content (AvgIpc) is 2.93. The van der Waals surface area contributed by atoms with E-state index in [1.807, 2.05) is 48.5 Å². The second-order valence-electron chi connectivity index (χ2n) is 5.51. The van der Waals surface area contributed by atoms with E-state index in [0.717, 1.165) is 16.7 Å². The number of carboxylic acid groups (broad SMARTS) is 1. The van der Waals surface area contributed by atoms with Crippen LogP contribution in [0.2, 0.25) is 0 Å². The summed E-state index contributed by atoms with van der Waals surface area (Å²) in [5, 5.41) is 12.1. The number of hydrogen-bond acceptors (Lipinski definition) is 3. The number of carboxylic acids is 1. The second kappa shape index (κ2) is 6.52. The molecule has 0 spiro atoms. The first kappa shape index (κ1) is 15.1. The zero-order valence-electron chi connectivity index (χ0n) is 12.4. The molecule has 2 N–H and O–H groups in total. The standard InChI is InChI=1S/C18H17NO4/c20-17(21)15-10-16(14-9-5-4-8-13(14)15)19-18(22)23-11-12-6-2-1-3-7-12/h1-9,15-16H,10-11H2,(H,19,22)(H,20,21). The molecule has 0 fully saturated rings. The normalized spacial score (nSPS) is 19.0. The maximum atomic E-state index is 12.0. The quantitative estimate of drug-likeness (QED) is 0.909. The van der Waals surface area contributed by atoms with Crippen LogP contribution in [0, 0.1) is 0 Å². The summed E-state index contributed by atoms with van der Waals surface area (Å²) in [5.41, 5.74) is 2.50. The van der Waals surface area contributed by atoms with E-state index in [2.05, 4.69) is 5.32 Å². The molecule has 3 rings (SSSR count). The van der Waals surface area contributed by atoms with E-state index in [4.69, 9.17) is 4.74 Å². The van der Waals surface area contributed by atoms with Crippen molar-refractivity contribution >= 4 is 12.1 Å². The van der Waals surface area contributed by atoms with Gasteiger partial charge in [-0.25, -0.2) is 4.79 Å². The van der Waals surface area contributed by atoms with Crippen LogP contribution in [-0.4, -0.2) is 17.2 Å². The van der Waals surface area contributed by atoms with Crippen LogP contribution in [0.1, 0.15) is 35.1 Å². The van der Waals surface area contributed by atoms with Gasteiger partial charge in [0.05, 0.1) is 12.0 Å². The molecule has 0 aromatic heterocycles. The Kier molecular flexibility index (Phi) is 4.28. The summed E-state index contributed by atoms with van der Waals surface area (Å²) in [5.74, 6) is -1.47. The molecule has 0 aliphatic heterocycles. The fraction of sp³-hybridized carbons (Fsp3) is 0.222. The van der Waals surface area contributed by atoms with Crippen LogP contribution >= 0.6 is 0 Å². The van der Waals surface area contributed by atoms with Crippen LogP contribution in [0.15, 0.2) is 54.6 Å². The van der Waals surface area contributed by atoms with Crippen LogP contribution in [0.4, 0.5) is 4.79 Å². The van der Waals surface area contributed by atoms with Gasteiger partial charge in [0.2, 0.25) is 0 Å². The number of nitrogens with one attached hydrogen (secondary N) is 1. The third-order valence-electron chi connectivity index (χ3n) is 4.02. The number of rotatable bonds is 4. The summed E-state index contributed by atoms with van der Waals surface area (Å²) in [6.07, 6.45) is -0.200. The lowest BCUT2D eigenvalue weighted by atomic mass is 10.0. The topological polar surface area (TPSA) is 75.6 Å². The molecule has 0 heterocycles. The smallest absolute Gasteiger partial charge is 0.407 e. The summed E-state index contributed by atoms with van der Waals surface area (Å²) < 4.78 is 5.20. The molecule has 2 atom stereocenters. The minimum atomic E-state index is -0.876. The van der Waals surface area contributed by atoms with Crippen LogP contribution in [0.25, 0.3) is 0 Å². The molecule has 0 saturated heterocycles. The Morgan fingerprint density at radius 3 is 2.39 bits per heavy atom. The Labute approximate surface area is 133 Å². The molecular formula is C18H17NO4. The zero-order valence-corrected chi connectivity index (χ0v) is 12.4. The number of fused-ring (bicyclic) bond motifs is 1. The van der Waals surface area contributed by atoms with Gasteiger partial charge >= 0.3 is 12.1 Å². The summed E-state index contributed by atoms with van der Waals surface area (Å²) in [4.78, 5) is 23.3. The molecule has 5 nitrogen and oxygen atoms in total. The van der Waals surface area contributed by atoms with Crippen molar-refractivity contribution in [2.24, 2.45) is 0 Å². The first-order valence-electron chi connectivity index (χ1n) is 7.44. The van der Waals surface area contributed by atoms with E-state index in [9.17, 15) is 14.7 Å². The van der Waals surface area contributed by atoms with Crippen molar-refractivity contribution < 1.29 is 19.4 Å². The summed E-state index contributed by atoms with van der Waals surface area (Å²) >= 11 is 0. The SMILES string of the molecule is O=C(NC1CC(C(=O)O)c2ccccc21)OCc1ccccc1. The molecule has 1 aliphatic carbocycles. The van der Waals surface area contributed by atoms with Crippen molar-refractivity contribution in [2.75, 3.05) is 0 Å². The fourth-order valence-electron chi connectivity index (χ4n) is 2.91. The third-order valence-corrected chi connectivity index (χ3v) is 4.02. The van der Waals surface area contributed by atoms with Crippen molar-refractivity contribution in [1.82, 2.24) is 5.32 Å². The molecule has 0 radical (unpaired) electrons. The highest BCUT2D eigenvalue weighted by molar-refractivity contribution is 5.79. The van der Waals surface area contributed by atoms with E-state index in [1.165, 1.54) is 0 Å². The van der Waals surface area contributed by atoms with Crippen LogP contribution in [-0.2, 0) is 16.1 Å². The highest BCUT2D eigenvalue weighted by Gasteiger charge is 2.36. The van der Waals surface area contributed by atoms with Gasteiger partial charge in [0.1, 0.15) is 6.61 Å². The number of carbonyl (C=O) groups is 2. The molecule has 0 saturated carbocycles. The lowest BCUT2D eigenvalue weighted by Crippen LogP contribution is -2.28. The van der Waals surface area contributed by atoms with Gasteiger partial charge in [0.25, 0.3) is 0 Å². The Hall–Kier alpha value is -2.82. The monoisotopic (exact) mass is 311 g/mol. The van der Waals surface area contributed by atoms with E-state index in [1.54, 1.807) is 6.07 Å². The van der Waals surface area contributed by atoms with Crippen molar-refractivity contribution in [1.29, 1.82) is 0 Å². The number of alkyl carbamates (subject to hydrolysis) is 1. The lowest BCUT2D eigenvalue weighted by molar-refractivity contribution is -0.138. The largest absolute Gasteiger partial charge is 0.481 e. The molecule has 2 aromatic carbocycles. The number of carbonyl (C=O) groups excluding carboxylic acids is 1. The first-order chi connectivity index (χ1) is 11.1. The fourth-order valence-corrected chi connectivity index (χ4v) is 2.91. The van der Waals surface area contributed by atoms with E-state index >= 15 is 0 Å². The van der Waals surface area contributed by atoms with Crippen LogP contribution in [0.5, 0.6) is 0 Å². The van der Waals surface area contributed by atoms with Crippen molar-refractivity contribution in [3.05, 3.63) is 71.3 Å². The van der Waals surface area contributed by atoms with Gasteiger partial charge in [-0.3, -0.25) is 4.79 Å². The first-order valence-corrected chi connectivity index (χ1v) is 7.44. The van der Waals surface area contributed by atoms with Crippen LogP contribution in [0.3, 0.4) is 0 Å². The van der Waals surface area contributed by atoms with Gasteiger partial charge in [-0.2, -0.15) is 0 Å². The number of hydrogen-bond donors (Lipinski definition) is 2. The lowest BCUT2D eigenvalue weighted by Gasteiger charge is -2.14. The van der Waals surface area contributed by atoms with Gasteiger partial charge < -0.3 is 15.2 Å². The van der Waals surface area contributed by atoms with Crippen molar-refractivity contribution in [3.63, 3.8) is 0 Å². The third kappa shape index (κ3) is 3.34. The number of amides is 1. The highest BCUT2D eigenvalue weighted by atomic mass is 16.5. The van der Waals surface area contributed by atoms with Crippen molar-refractivity contribution in [3.8, 4) is 0 Å². The Morgan fingerprint density at radius 2 is 1.70 bits per heavy atom. The predicted molar refractivity (Wildman–Crippen MR) is 83.9 cm³/mol. The van der Waals surface area contributed by atoms with E-state index in [-0.39, 0.29) is 12.6 Å². The molecule has 2 unspecified atom stereocenters. The van der Waals surface area contributed by atoms with Crippen LogP contribution < -0.4 is 5.32 Å². The number of benzene rings is 2. The summed E-state index contributed by atoms with van der Waals surface area (Å²) in [6.45, 7) is 0.184. The maximum absolute atomic E-state index is 12.0. The van der Waals surface area contributed by atoms with E-state index in [0.29, 0.717) is 6.42 Å². The second-order valence-corrected chi connectivity index (χ2v) is 5.51. The Bertz CT molecular complexity index is 714. The van der Waals surface area contributed by atoms with Gasteiger partial charge in [0.15, 0.2) is 0 Å². The maximum Gasteiger partial charge on any atom is 0.407 e. The van der Waals surface area contributed by atoms with Crippen molar-refractivity contribution in [2.45, 2.75) is 25.0 Å². The van der Waals surface area contributed by atoms with Gasteiger partial charge in [0, 0.05) is 0 Å². The average molecular weight is 311 g/mol. The number of aliphatic carboxylic acids is 1. The predicted octanol–water partition coefficient (Wildman–Crippen LogP) is 3.23. The molecular weight excluding hydrogens is 294 g/mol. The summed E-state index contributed by atoms with van der Waals surface area (Å²) in [7, 11) is 0. The molecule has 1 amide bonds. The highest BCUT2D eigenvalue weighted by Crippen LogP contribution is 2.40. The Balaban J connectivity index is 1.64. The summed E-state index contributed by atoms with van der Waals surface area (Å²) in [6, 6.07) is 16.4. The minimum absolute atomic E-state index is 0.184. The van der Waals surface area contributed by atoms with Gasteiger partial charge in [-0.1, -0.05) is 54.6 Å². The Morgan fingerprint density at radius 1 is 1.04 bits per heavy atom.